The SMILES string of the molecule is CCCN(CCCNC(=O)OC1CCC1)C(=O)C1=Cc2sc(CC3CN(C(=O)OC(C)(C)C)C3)cc2N=C(N)C1. The van der Waals surface area contributed by atoms with Crippen LogP contribution in [-0.4, -0.2) is 78.2 Å². The molecule has 3 aliphatic rings. The van der Waals surface area contributed by atoms with Crippen molar-refractivity contribution in [3.05, 3.63) is 21.4 Å². The molecule has 1 saturated carbocycles. The largest absolute Gasteiger partial charge is 0.446 e. The average Bonchev–Trinajstić information content (AvgIpc) is 3.11. The first kappa shape index (κ1) is 29.9. The van der Waals surface area contributed by atoms with Crippen LogP contribution in [0.25, 0.3) is 6.08 Å². The second kappa shape index (κ2) is 13.1. The molecule has 3 amide bonds. The molecule has 10 nitrogen and oxygen atoms in total. The molecule has 3 heterocycles. The van der Waals surface area contributed by atoms with Gasteiger partial charge in [-0.05, 0) is 77.4 Å². The summed E-state index contributed by atoms with van der Waals surface area (Å²) in [6.07, 6.45) is 6.93. The van der Waals surface area contributed by atoms with Gasteiger partial charge in [-0.2, -0.15) is 0 Å². The van der Waals surface area contributed by atoms with Crippen LogP contribution in [0.2, 0.25) is 0 Å². The number of amidine groups is 1. The smallest absolute Gasteiger partial charge is 0.410 e. The van der Waals surface area contributed by atoms with Crippen molar-refractivity contribution in [1.29, 1.82) is 0 Å². The maximum Gasteiger partial charge on any atom is 0.410 e. The number of rotatable bonds is 10. The Morgan fingerprint density at radius 3 is 2.62 bits per heavy atom. The monoisotopic (exact) mass is 573 g/mol. The molecule has 220 valence electrons. The lowest BCUT2D eigenvalue weighted by Crippen LogP contribution is -2.52. The van der Waals surface area contributed by atoms with E-state index in [0.29, 0.717) is 62.9 Å². The molecule has 4 rings (SSSR count). The Balaban J connectivity index is 1.32. The van der Waals surface area contributed by atoms with E-state index in [1.807, 2.05) is 44.7 Å². The van der Waals surface area contributed by atoms with Crippen LogP contribution in [0.1, 0.15) is 76.0 Å². The van der Waals surface area contributed by atoms with Crippen LogP contribution in [-0.2, 0) is 20.7 Å². The van der Waals surface area contributed by atoms with Crippen molar-refractivity contribution in [2.45, 2.75) is 84.3 Å². The molecular weight excluding hydrogens is 530 g/mol. The quantitative estimate of drug-likeness (QED) is 0.386. The highest BCUT2D eigenvalue weighted by atomic mass is 32.1. The summed E-state index contributed by atoms with van der Waals surface area (Å²) in [6.45, 7) is 10.6. The van der Waals surface area contributed by atoms with Crippen LogP contribution in [0.15, 0.2) is 16.6 Å². The van der Waals surface area contributed by atoms with Crippen LogP contribution in [0.3, 0.4) is 0 Å². The molecule has 0 radical (unpaired) electrons. The first-order valence-electron chi connectivity index (χ1n) is 14.4. The Kier molecular flexibility index (Phi) is 9.76. The van der Waals surface area contributed by atoms with E-state index in [4.69, 9.17) is 15.2 Å². The molecule has 1 saturated heterocycles. The number of nitrogens with two attached hydrogens (primary N) is 1. The molecular formula is C29H43N5O5S. The minimum Gasteiger partial charge on any atom is -0.446 e. The van der Waals surface area contributed by atoms with E-state index >= 15 is 0 Å². The zero-order chi connectivity index (χ0) is 28.9. The number of aliphatic imine (C=N–C) groups is 1. The topological polar surface area (TPSA) is 127 Å². The van der Waals surface area contributed by atoms with Crippen molar-refractivity contribution in [3.8, 4) is 0 Å². The number of carbonyl (C=O) groups excluding carboxylic acids is 3. The zero-order valence-corrected chi connectivity index (χ0v) is 25.0. The van der Waals surface area contributed by atoms with Gasteiger partial charge in [-0.15, -0.1) is 11.3 Å². The van der Waals surface area contributed by atoms with Gasteiger partial charge in [0.25, 0.3) is 0 Å². The molecule has 11 heteroatoms. The molecule has 0 atom stereocenters. The lowest BCUT2D eigenvalue weighted by Gasteiger charge is -2.39. The van der Waals surface area contributed by atoms with Crippen molar-refractivity contribution in [2.24, 2.45) is 16.6 Å². The van der Waals surface area contributed by atoms with Crippen molar-refractivity contribution >= 4 is 47.0 Å². The summed E-state index contributed by atoms with van der Waals surface area (Å²) in [5.74, 6) is 0.729. The summed E-state index contributed by atoms with van der Waals surface area (Å²) in [5.41, 5.74) is 7.15. The van der Waals surface area contributed by atoms with Crippen molar-refractivity contribution in [3.63, 3.8) is 0 Å². The van der Waals surface area contributed by atoms with E-state index in [1.165, 1.54) is 0 Å². The van der Waals surface area contributed by atoms with E-state index in [-0.39, 0.29) is 24.2 Å². The maximum absolute atomic E-state index is 13.5. The van der Waals surface area contributed by atoms with Crippen LogP contribution in [0.4, 0.5) is 15.3 Å². The molecule has 0 unspecified atom stereocenters. The lowest BCUT2D eigenvalue weighted by molar-refractivity contribution is -0.127. The Morgan fingerprint density at radius 1 is 1.23 bits per heavy atom. The van der Waals surface area contributed by atoms with Gasteiger partial charge in [0, 0.05) is 49.6 Å². The first-order chi connectivity index (χ1) is 19.0. The van der Waals surface area contributed by atoms with Gasteiger partial charge in [-0.1, -0.05) is 6.92 Å². The van der Waals surface area contributed by atoms with Crippen LogP contribution < -0.4 is 11.1 Å². The summed E-state index contributed by atoms with van der Waals surface area (Å²) < 4.78 is 10.8. The summed E-state index contributed by atoms with van der Waals surface area (Å²) in [4.78, 5) is 47.9. The normalized spacial score (nSPS) is 17.4. The van der Waals surface area contributed by atoms with Gasteiger partial charge in [0.15, 0.2) is 0 Å². The molecule has 1 aromatic heterocycles. The third kappa shape index (κ3) is 8.22. The number of hydrogen-bond donors (Lipinski definition) is 2. The molecule has 1 aliphatic carbocycles. The van der Waals surface area contributed by atoms with E-state index in [0.717, 1.165) is 47.5 Å². The molecule has 3 N–H and O–H groups in total. The lowest BCUT2D eigenvalue weighted by atomic mass is 9.96. The molecule has 0 spiro atoms. The zero-order valence-electron chi connectivity index (χ0n) is 24.2. The van der Waals surface area contributed by atoms with E-state index < -0.39 is 5.60 Å². The van der Waals surface area contributed by atoms with E-state index in [9.17, 15) is 14.4 Å². The van der Waals surface area contributed by atoms with Gasteiger partial charge in [-0.3, -0.25) is 4.79 Å². The Bertz CT molecular complexity index is 1140. The van der Waals surface area contributed by atoms with Crippen molar-refractivity contribution in [1.82, 2.24) is 15.1 Å². The Hall–Kier alpha value is -3.08. The van der Waals surface area contributed by atoms with Crippen molar-refractivity contribution in [2.75, 3.05) is 32.7 Å². The molecule has 1 aromatic rings. The fourth-order valence-corrected chi connectivity index (χ4v) is 6.05. The number of alkyl carbamates (subject to hydrolysis) is 1. The fourth-order valence-electron chi connectivity index (χ4n) is 4.86. The number of thiophene rings is 1. The number of hydrogen-bond acceptors (Lipinski definition) is 8. The van der Waals surface area contributed by atoms with E-state index in [1.54, 1.807) is 16.2 Å². The molecule has 2 fully saturated rings. The summed E-state index contributed by atoms with van der Waals surface area (Å²) in [5, 5.41) is 2.79. The third-order valence-corrected chi connectivity index (χ3v) is 8.18. The highest BCUT2D eigenvalue weighted by Crippen LogP contribution is 2.37. The van der Waals surface area contributed by atoms with Gasteiger partial charge in [0.2, 0.25) is 5.91 Å². The standard InChI is InChI=1S/C29H43N5O5S/c1-5-11-33(12-7-10-31-27(36)38-21-8-6-9-21)26(35)20-14-24-23(32-25(30)15-20)16-22(40-24)13-19-17-34(18-19)28(37)39-29(2,3)4/h14,16,19,21H,5-13,15,17-18H2,1-4H3,(H2,30,32)(H,31,36). The number of amides is 3. The highest BCUT2D eigenvalue weighted by Gasteiger charge is 2.34. The van der Waals surface area contributed by atoms with Crippen LogP contribution in [0, 0.1) is 5.92 Å². The minimum atomic E-state index is -0.500. The van der Waals surface area contributed by atoms with Crippen LogP contribution in [0.5, 0.6) is 0 Å². The maximum atomic E-state index is 13.5. The van der Waals surface area contributed by atoms with Gasteiger partial charge in [0.1, 0.15) is 17.5 Å². The van der Waals surface area contributed by atoms with Crippen LogP contribution >= 0.6 is 11.3 Å². The second-order valence-electron chi connectivity index (χ2n) is 11.9. The molecule has 0 aromatic carbocycles. The first-order valence-corrected chi connectivity index (χ1v) is 15.2. The number of nitrogens with zero attached hydrogens (tertiary/aromatic N) is 3. The molecule has 0 bridgehead atoms. The molecule has 2 aliphatic heterocycles. The predicted octanol–water partition coefficient (Wildman–Crippen LogP) is 4.84. The second-order valence-corrected chi connectivity index (χ2v) is 13.1. The number of fused-ring (bicyclic) bond motifs is 1. The summed E-state index contributed by atoms with van der Waals surface area (Å²) in [7, 11) is 0. The number of likely N-dealkylation sites (tertiary alicyclic amines) is 1. The van der Waals surface area contributed by atoms with Gasteiger partial charge >= 0.3 is 12.2 Å². The van der Waals surface area contributed by atoms with Gasteiger partial charge in [-0.25, -0.2) is 14.6 Å². The Morgan fingerprint density at radius 2 is 1.98 bits per heavy atom. The third-order valence-electron chi connectivity index (χ3n) is 7.09. The average molecular weight is 574 g/mol. The fraction of sp³-hybridized carbons (Fsp3) is 0.655. The number of ether oxygens (including phenoxy) is 2. The number of nitrogens with one attached hydrogen (secondary N) is 1. The minimum absolute atomic E-state index is 0.0492. The van der Waals surface area contributed by atoms with Crippen molar-refractivity contribution < 1.29 is 23.9 Å². The van der Waals surface area contributed by atoms with E-state index in [2.05, 4.69) is 10.3 Å². The van der Waals surface area contributed by atoms with Gasteiger partial charge in [0.05, 0.1) is 10.6 Å². The predicted molar refractivity (Wildman–Crippen MR) is 157 cm³/mol. The number of carbonyl (C=O) groups is 3. The highest BCUT2D eigenvalue weighted by molar-refractivity contribution is 7.13. The van der Waals surface area contributed by atoms with Gasteiger partial charge < -0.3 is 30.3 Å². The summed E-state index contributed by atoms with van der Waals surface area (Å²) >= 11 is 1.62. The summed E-state index contributed by atoms with van der Waals surface area (Å²) in [6, 6.07) is 2.05. The molecule has 40 heavy (non-hydrogen) atoms. The Labute approximate surface area is 241 Å².